The van der Waals surface area contributed by atoms with Crippen LogP contribution in [0, 0.1) is 0 Å². The summed E-state index contributed by atoms with van der Waals surface area (Å²) < 4.78 is 5.90. The largest absolute Gasteiger partial charge is 0.489 e. The van der Waals surface area contributed by atoms with Crippen molar-refractivity contribution in [2.75, 3.05) is 23.3 Å². The van der Waals surface area contributed by atoms with Crippen molar-refractivity contribution in [2.24, 2.45) is 0 Å². The van der Waals surface area contributed by atoms with Crippen molar-refractivity contribution in [3.63, 3.8) is 0 Å². The maximum Gasteiger partial charge on any atom is 0.230 e. The summed E-state index contributed by atoms with van der Waals surface area (Å²) in [4.78, 5) is 13.8. The number of carbonyl (C=O) groups is 1. The van der Waals surface area contributed by atoms with Crippen LogP contribution in [-0.2, 0) is 11.4 Å². The highest BCUT2D eigenvalue weighted by atomic mass is 79.9. The second-order valence-corrected chi connectivity index (χ2v) is 6.47. The third-order valence-electron chi connectivity index (χ3n) is 4.11. The van der Waals surface area contributed by atoms with Crippen LogP contribution in [0.2, 0.25) is 0 Å². The van der Waals surface area contributed by atoms with Crippen LogP contribution >= 0.6 is 15.9 Å². The summed E-state index contributed by atoms with van der Waals surface area (Å²) in [6, 6.07) is 18.5. The Balaban J connectivity index is 1.58. The Labute approximate surface area is 150 Å². The van der Waals surface area contributed by atoms with Gasteiger partial charge in [0.1, 0.15) is 12.4 Å². The Hall–Kier alpha value is -2.01. The van der Waals surface area contributed by atoms with Gasteiger partial charge in [-0.2, -0.15) is 0 Å². The first kappa shape index (κ1) is 16.8. The number of rotatable bonds is 6. The fourth-order valence-electron chi connectivity index (χ4n) is 2.89. The van der Waals surface area contributed by atoms with Crippen LogP contribution < -0.4 is 15.0 Å². The lowest BCUT2D eigenvalue weighted by Crippen LogP contribution is -2.37. The fourth-order valence-corrected chi connectivity index (χ4v) is 3.05. The lowest BCUT2D eigenvalue weighted by Gasteiger charge is -2.20. The first-order valence-corrected chi connectivity index (χ1v) is 9.24. The molecule has 0 radical (unpaired) electrons. The number of anilines is 1. The second kappa shape index (κ2) is 8.20. The summed E-state index contributed by atoms with van der Waals surface area (Å²) >= 11 is 3.19. The summed E-state index contributed by atoms with van der Waals surface area (Å²) in [7, 11) is 0. The zero-order valence-electron chi connectivity index (χ0n) is 13.5. The van der Waals surface area contributed by atoms with Crippen LogP contribution in [0.25, 0.3) is 0 Å². The topological polar surface area (TPSA) is 41.6 Å². The first-order chi connectivity index (χ1) is 11.7. The molecule has 24 heavy (non-hydrogen) atoms. The lowest BCUT2D eigenvalue weighted by atomic mass is 10.2. The summed E-state index contributed by atoms with van der Waals surface area (Å²) in [6.45, 7) is 2.34. The van der Waals surface area contributed by atoms with Gasteiger partial charge in [-0.25, -0.2) is 0 Å². The van der Waals surface area contributed by atoms with Crippen molar-refractivity contribution in [2.45, 2.75) is 19.1 Å². The zero-order valence-corrected chi connectivity index (χ0v) is 15.0. The van der Waals surface area contributed by atoms with E-state index >= 15 is 0 Å². The number of benzene rings is 2. The first-order valence-electron chi connectivity index (χ1n) is 8.11. The molecule has 1 aliphatic rings. The van der Waals surface area contributed by atoms with Gasteiger partial charge in [-0.15, -0.1) is 0 Å². The molecule has 1 atom stereocenters. The summed E-state index contributed by atoms with van der Waals surface area (Å²) in [5.41, 5.74) is 2.29. The molecule has 0 aliphatic carbocycles. The number of nitrogens with zero attached hydrogens (tertiary/aromatic N) is 1. The van der Waals surface area contributed by atoms with E-state index in [2.05, 4.69) is 50.4 Å². The van der Waals surface area contributed by atoms with Gasteiger partial charge in [0.25, 0.3) is 0 Å². The van der Waals surface area contributed by atoms with Crippen molar-refractivity contribution in [3.8, 4) is 5.75 Å². The van der Waals surface area contributed by atoms with Crippen molar-refractivity contribution < 1.29 is 9.53 Å². The normalized spacial score (nSPS) is 16.9. The molecule has 0 bridgehead atoms. The van der Waals surface area contributed by atoms with Crippen LogP contribution in [0.15, 0.2) is 54.6 Å². The molecule has 4 nitrogen and oxygen atoms in total. The predicted molar refractivity (Wildman–Crippen MR) is 99.8 cm³/mol. The van der Waals surface area contributed by atoms with E-state index in [-0.39, 0.29) is 11.9 Å². The fraction of sp³-hybridized carbons (Fsp3) is 0.316. The molecule has 1 heterocycles. The molecule has 1 saturated heterocycles. The molecule has 1 N–H and O–H groups in total. The SMILES string of the molecule is O=C(CBr)N[C@H]1CCN(c2cccc(OCc3ccccc3)c2)C1. The van der Waals surface area contributed by atoms with Gasteiger partial charge in [0.05, 0.1) is 5.33 Å². The third-order valence-corrected chi connectivity index (χ3v) is 4.62. The smallest absolute Gasteiger partial charge is 0.230 e. The minimum Gasteiger partial charge on any atom is -0.489 e. The molecule has 0 aromatic heterocycles. The molecule has 0 spiro atoms. The Morgan fingerprint density at radius 3 is 2.83 bits per heavy atom. The van der Waals surface area contributed by atoms with Crippen molar-refractivity contribution in [3.05, 3.63) is 60.2 Å². The molecular formula is C19H21BrN2O2. The maximum absolute atomic E-state index is 11.5. The quantitative estimate of drug-likeness (QED) is 0.771. The molecule has 1 amide bonds. The number of hydrogen-bond donors (Lipinski definition) is 1. The number of alkyl halides is 1. The van der Waals surface area contributed by atoms with Gasteiger partial charge in [-0.05, 0) is 24.1 Å². The third kappa shape index (κ3) is 4.51. The highest BCUT2D eigenvalue weighted by Gasteiger charge is 2.23. The molecule has 2 aromatic rings. The molecule has 126 valence electrons. The molecule has 1 aliphatic heterocycles. The second-order valence-electron chi connectivity index (χ2n) is 5.90. The molecule has 5 heteroatoms. The van der Waals surface area contributed by atoms with Gasteiger partial charge in [0, 0.05) is 30.9 Å². The standard InChI is InChI=1S/C19H21BrN2O2/c20-12-19(23)21-16-9-10-22(13-16)17-7-4-8-18(11-17)24-14-15-5-2-1-3-6-15/h1-8,11,16H,9-10,12-14H2,(H,21,23)/t16-/m0/s1. The number of nitrogens with one attached hydrogen (secondary N) is 1. The number of ether oxygens (including phenoxy) is 1. The Bertz CT molecular complexity index is 678. The maximum atomic E-state index is 11.5. The Morgan fingerprint density at radius 2 is 2.04 bits per heavy atom. The molecular weight excluding hydrogens is 368 g/mol. The number of halogens is 1. The van der Waals surface area contributed by atoms with Crippen LogP contribution in [0.4, 0.5) is 5.69 Å². The average Bonchev–Trinajstić information content (AvgIpc) is 3.09. The predicted octanol–water partition coefficient (Wildman–Crippen LogP) is 3.36. The molecule has 2 aromatic carbocycles. The average molecular weight is 389 g/mol. The Kier molecular flexibility index (Phi) is 5.75. The van der Waals surface area contributed by atoms with Gasteiger partial charge >= 0.3 is 0 Å². The monoisotopic (exact) mass is 388 g/mol. The minimum absolute atomic E-state index is 0.0433. The summed E-state index contributed by atoms with van der Waals surface area (Å²) in [6.07, 6.45) is 0.966. The van der Waals surface area contributed by atoms with Crippen LogP contribution in [0.3, 0.4) is 0 Å². The van der Waals surface area contributed by atoms with E-state index in [1.54, 1.807) is 0 Å². The minimum atomic E-state index is 0.0433. The Morgan fingerprint density at radius 1 is 1.21 bits per heavy atom. The summed E-state index contributed by atoms with van der Waals surface area (Å²) in [5.74, 6) is 0.908. The number of carbonyl (C=O) groups excluding carboxylic acids is 1. The van der Waals surface area contributed by atoms with Gasteiger partial charge in [-0.1, -0.05) is 52.3 Å². The van der Waals surface area contributed by atoms with E-state index in [0.717, 1.165) is 36.5 Å². The molecule has 0 saturated carbocycles. The van der Waals surface area contributed by atoms with E-state index in [4.69, 9.17) is 4.74 Å². The number of hydrogen-bond acceptors (Lipinski definition) is 3. The van der Waals surface area contributed by atoms with E-state index in [1.165, 1.54) is 0 Å². The highest BCUT2D eigenvalue weighted by Crippen LogP contribution is 2.25. The van der Waals surface area contributed by atoms with Crippen molar-refractivity contribution >= 4 is 27.5 Å². The van der Waals surface area contributed by atoms with Gasteiger partial charge in [0.15, 0.2) is 0 Å². The van der Waals surface area contributed by atoms with Crippen molar-refractivity contribution in [1.82, 2.24) is 5.32 Å². The zero-order chi connectivity index (χ0) is 16.8. The van der Waals surface area contributed by atoms with E-state index in [9.17, 15) is 4.79 Å². The van der Waals surface area contributed by atoms with Crippen molar-refractivity contribution in [1.29, 1.82) is 0 Å². The van der Waals surface area contributed by atoms with E-state index in [1.807, 2.05) is 30.3 Å². The van der Waals surface area contributed by atoms with Gasteiger partial charge in [-0.3, -0.25) is 4.79 Å². The number of amides is 1. The highest BCUT2D eigenvalue weighted by molar-refractivity contribution is 9.09. The van der Waals surface area contributed by atoms with E-state index < -0.39 is 0 Å². The van der Waals surface area contributed by atoms with Gasteiger partial charge in [0.2, 0.25) is 5.91 Å². The molecule has 3 rings (SSSR count). The van der Waals surface area contributed by atoms with Crippen LogP contribution in [0.1, 0.15) is 12.0 Å². The van der Waals surface area contributed by atoms with Gasteiger partial charge < -0.3 is 15.0 Å². The molecule has 0 unspecified atom stereocenters. The van der Waals surface area contributed by atoms with Crippen LogP contribution in [-0.4, -0.2) is 30.4 Å². The lowest BCUT2D eigenvalue weighted by molar-refractivity contribution is -0.119. The van der Waals surface area contributed by atoms with E-state index in [0.29, 0.717) is 11.9 Å². The summed E-state index contributed by atoms with van der Waals surface area (Å²) in [5, 5.41) is 3.38. The molecule has 1 fully saturated rings. The van der Waals surface area contributed by atoms with Crippen LogP contribution in [0.5, 0.6) is 5.75 Å².